The van der Waals surface area contributed by atoms with E-state index < -0.39 is 5.97 Å². The topological polar surface area (TPSA) is 46.5 Å². The largest absolute Gasteiger partial charge is 0.493 e. The third kappa shape index (κ3) is 6.27. The number of ether oxygens (including phenoxy) is 1. The molecule has 4 heteroatoms. The van der Waals surface area contributed by atoms with E-state index in [2.05, 4.69) is 29.5 Å². The molecule has 1 N–H and O–H groups in total. The minimum Gasteiger partial charge on any atom is -0.493 e. The van der Waals surface area contributed by atoms with Crippen LogP contribution in [0.2, 0.25) is 0 Å². The van der Waals surface area contributed by atoms with Crippen molar-refractivity contribution in [2.24, 2.45) is 0 Å². The zero-order valence-corrected chi connectivity index (χ0v) is 13.5. The SMILES string of the molecule is CCCCCCCCOc1ccc(I)cc1C(=O)O. The number of aromatic carboxylic acids is 1. The van der Waals surface area contributed by atoms with Crippen molar-refractivity contribution in [1.29, 1.82) is 0 Å². The predicted octanol–water partition coefficient (Wildman–Crippen LogP) is 4.73. The van der Waals surface area contributed by atoms with E-state index in [0.29, 0.717) is 12.4 Å². The standard InChI is InChI=1S/C15H21IO3/c1-2-3-4-5-6-7-10-19-14-9-8-12(16)11-13(14)15(17)18/h8-9,11H,2-7,10H2,1H3,(H,17,18). The Morgan fingerprint density at radius 3 is 2.58 bits per heavy atom. The van der Waals surface area contributed by atoms with Gasteiger partial charge in [-0.25, -0.2) is 4.79 Å². The van der Waals surface area contributed by atoms with E-state index in [1.807, 2.05) is 6.07 Å². The number of unbranched alkanes of at least 4 members (excludes halogenated alkanes) is 5. The van der Waals surface area contributed by atoms with Crippen LogP contribution in [-0.4, -0.2) is 17.7 Å². The van der Waals surface area contributed by atoms with Crippen molar-refractivity contribution in [2.45, 2.75) is 45.4 Å². The van der Waals surface area contributed by atoms with Crippen molar-refractivity contribution >= 4 is 28.6 Å². The van der Waals surface area contributed by atoms with E-state index in [0.717, 1.165) is 16.4 Å². The van der Waals surface area contributed by atoms with Crippen LogP contribution in [0, 0.1) is 3.57 Å². The van der Waals surface area contributed by atoms with Crippen LogP contribution in [0.1, 0.15) is 55.8 Å². The van der Waals surface area contributed by atoms with Gasteiger partial charge in [0.25, 0.3) is 0 Å². The lowest BCUT2D eigenvalue weighted by atomic mass is 10.1. The highest BCUT2D eigenvalue weighted by Gasteiger charge is 2.11. The number of benzene rings is 1. The molecule has 1 aromatic carbocycles. The first kappa shape index (κ1) is 16.3. The average Bonchev–Trinajstić information content (AvgIpc) is 2.39. The normalized spacial score (nSPS) is 10.4. The number of rotatable bonds is 9. The maximum atomic E-state index is 11.1. The number of carboxylic acid groups (broad SMARTS) is 1. The molecule has 0 aromatic heterocycles. The fourth-order valence-electron chi connectivity index (χ4n) is 1.86. The minimum atomic E-state index is -0.934. The number of hydrogen-bond donors (Lipinski definition) is 1. The summed E-state index contributed by atoms with van der Waals surface area (Å²) in [7, 11) is 0. The molecular weight excluding hydrogens is 355 g/mol. The highest BCUT2D eigenvalue weighted by Crippen LogP contribution is 2.21. The molecule has 0 bridgehead atoms. The maximum absolute atomic E-state index is 11.1. The lowest BCUT2D eigenvalue weighted by Crippen LogP contribution is -2.05. The molecule has 0 atom stereocenters. The zero-order chi connectivity index (χ0) is 14.1. The molecular formula is C15H21IO3. The van der Waals surface area contributed by atoms with Crippen molar-refractivity contribution in [2.75, 3.05) is 6.61 Å². The Bertz CT molecular complexity index is 404. The van der Waals surface area contributed by atoms with E-state index in [-0.39, 0.29) is 5.56 Å². The van der Waals surface area contributed by atoms with E-state index >= 15 is 0 Å². The summed E-state index contributed by atoms with van der Waals surface area (Å²) in [5.74, 6) is -0.460. The van der Waals surface area contributed by atoms with Gasteiger partial charge in [-0.3, -0.25) is 0 Å². The van der Waals surface area contributed by atoms with Gasteiger partial charge in [0.15, 0.2) is 0 Å². The molecule has 0 radical (unpaired) electrons. The van der Waals surface area contributed by atoms with E-state index in [1.165, 1.54) is 25.7 Å². The number of carbonyl (C=O) groups is 1. The highest BCUT2D eigenvalue weighted by atomic mass is 127. The molecule has 19 heavy (non-hydrogen) atoms. The molecule has 0 aliphatic carbocycles. The summed E-state index contributed by atoms with van der Waals surface area (Å²) in [5, 5.41) is 9.11. The van der Waals surface area contributed by atoms with Gasteiger partial charge in [-0.15, -0.1) is 0 Å². The second-order valence-corrected chi connectivity index (χ2v) is 5.81. The number of carboxylic acids is 1. The number of hydrogen-bond acceptors (Lipinski definition) is 2. The summed E-state index contributed by atoms with van der Waals surface area (Å²) in [6, 6.07) is 5.24. The molecule has 1 rings (SSSR count). The van der Waals surface area contributed by atoms with Crippen LogP contribution in [0.4, 0.5) is 0 Å². The first-order valence-electron chi connectivity index (χ1n) is 6.80. The maximum Gasteiger partial charge on any atom is 0.339 e. The Balaban J connectivity index is 2.35. The van der Waals surface area contributed by atoms with Gasteiger partial charge < -0.3 is 9.84 Å². The van der Waals surface area contributed by atoms with Gasteiger partial charge in [0, 0.05) is 3.57 Å². The molecule has 0 aliphatic rings. The van der Waals surface area contributed by atoms with Crippen LogP contribution in [0.3, 0.4) is 0 Å². The smallest absolute Gasteiger partial charge is 0.339 e. The summed E-state index contributed by atoms with van der Waals surface area (Å²) in [6.07, 6.45) is 7.18. The molecule has 3 nitrogen and oxygen atoms in total. The van der Waals surface area contributed by atoms with Gasteiger partial charge in [-0.1, -0.05) is 39.0 Å². The summed E-state index contributed by atoms with van der Waals surface area (Å²) in [5.41, 5.74) is 0.248. The molecule has 1 aromatic rings. The van der Waals surface area contributed by atoms with Crippen LogP contribution in [0.5, 0.6) is 5.75 Å². The molecule has 0 unspecified atom stereocenters. The quantitative estimate of drug-likeness (QED) is 0.501. The molecule has 0 saturated heterocycles. The summed E-state index contributed by atoms with van der Waals surface area (Å²) >= 11 is 2.10. The van der Waals surface area contributed by atoms with Crippen LogP contribution >= 0.6 is 22.6 Å². The monoisotopic (exact) mass is 376 g/mol. The molecule has 106 valence electrons. The molecule has 0 amide bonds. The van der Waals surface area contributed by atoms with Gasteiger partial charge in [0.2, 0.25) is 0 Å². The van der Waals surface area contributed by atoms with E-state index in [9.17, 15) is 4.79 Å². The van der Waals surface area contributed by atoms with Crippen LogP contribution in [0.25, 0.3) is 0 Å². The molecule has 0 heterocycles. The predicted molar refractivity (Wildman–Crippen MR) is 85.0 cm³/mol. The summed E-state index contributed by atoms with van der Waals surface area (Å²) < 4.78 is 6.48. The first-order chi connectivity index (χ1) is 9.15. The van der Waals surface area contributed by atoms with Crippen LogP contribution in [-0.2, 0) is 0 Å². The summed E-state index contributed by atoms with van der Waals surface area (Å²) in [6.45, 7) is 2.79. The van der Waals surface area contributed by atoms with Gasteiger partial charge in [0.05, 0.1) is 6.61 Å². The van der Waals surface area contributed by atoms with Crippen molar-refractivity contribution in [3.05, 3.63) is 27.3 Å². The van der Waals surface area contributed by atoms with Gasteiger partial charge >= 0.3 is 5.97 Å². The minimum absolute atomic E-state index is 0.248. The van der Waals surface area contributed by atoms with E-state index in [1.54, 1.807) is 12.1 Å². The van der Waals surface area contributed by atoms with Crippen LogP contribution < -0.4 is 4.74 Å². The lowest BCUT2D eigenvalue weighted by Gasteiger charge is -2.09. The van der Waals surface area contributed by atoms with Crippen molar-refractivity contribution < 1.29 is 14.6 Å². The number of halogens is 1. The lowest BCUT2D eigenvalue weighted by molar-refractivity contribution is 0.0692. The fourth-order valence-corrected chi connectivity index (χ4v) is 2.35. The van der Waals surface area contributed by atoms with E-state index in [4.69, 9.17) is 9.84 Å². The zero-order valence-electron chi connectivity index (χ0n) is 11.3. The third-order valence-corrected chi connectivity index (χ3v) is 3.60. The van der Waals surface area contributed by atoms with Gasteiger partial charge in [-0.05, 0) is 47.2 Å². The molecule has 0 spiro atoms. The van der Waals surface area contributed by atoms with Crippen molar-refractivity contribution in [1.82, 2.24) is 0 Å². The second-order valence-electron chi connectivity index (χ2n) is 4.56. The Hall–Kier alpha value is -0.780. The Morgan fingerprint density at radius 2 is 1.89 bits per heavy atom. The Morgan fingerprint density at radius 1 is 1.21 bits per heavy atom. The Kier molecular flexibility index (Phi) is 7.86. The molecule has 0 aliphatic heterocycles. The van der Waals surface area contributed by atoms with Gasteiger partial charge in [0.1, 0.15) is 11.3 Å². The third-order valence-electron chi connectivity index (χ3n) is 2.93. The van der Waals surface area contributed by atoms with Crippen molar-refractivity contribution in [3.8, 4) is 5.75 Å². The van der Waals surface area contributed by atoms with Gasteiger partial charge in [-0.2, -0.15) is 0 Å². The molecule has 0 fully saturated rings. The molecule has 0 saturated carbocycles. The summed E-state index contributed by atoms with van der Waals surface area (Å²) in [4.78, 5) is 11.1. The second kappa shape index (κ2) is 9.18. The average molecular weight is 376 g/mol. The van der Waals surface area contributed by atoms with Crippen molar-refractivity contribution in [3.63, 3.8) is 0 Å². The Labute approximate surface area is 128 Å². The fraction of sp³-hybridized carbons (Fsp3) is 0.533. The highest BCUT2D eigenvalue weighted by molar-refractivity contribution is 14.1. The first-order valence-corrected chi connectivity index (χ1v) is 7.88. The van der Waals surface area contributed by atoms with Crippen LogP contribution in [0.15, 0.2) is 18.2 Å².